The van der Waals surface area contributed by atoms with E-state index in [0.717, 1.165) is 19.3 Å². The van der Waals surface area contributed by atoms with Gasteiger partial charge in [0.2, 0.25) is 10.0 Å². The second kappa shape index (κ2) is 6.74. The van der Waals surface area contributed by atoms with Gasteiger partial charge in [0.1, 0.15) is 0 Å². The molecule has 0 aliphatic heterocycles. The molecule has 1 aliphatic carbocycles. The number of benzene rings is 1. The molecule has 0 spiro atoms. The maximum Gasteiger partial charge on any atom is 0.251 e. The quantitative estimate of drug-likeness (QED) is 0.827. The zero-order valence-corrected chi connectivity index (χ0v) is 14.2. The number of carbonyl (C=O) groups excluding carboxylic acids is 1. The summed E-state index contributed by atoms with van der Waals surface area (Å²) in [4.78, 5) is 12.2. The number of carbonyl (C=O) groups is 1. The van der Waals surface area contributed by atoms with Crippen LogP contribution in [0.2, 0.25) is 0 Å². The Morgan fingerprint density at radius 1 is 1.29 bits per heavy atom. The van der Waals surface area contributed by atoms with Gasteiger partial charge in [0.15, 0.2) is 0 Å². The molecule has 0 unspecified atom stereocenters. The Balaban J connectivity index is 1.70. The molecule has 24 heavy (non-hydrogen) atoms. The van der Waals surface area contributed by atoms with Gasteiger partial charge >= 0.3 is 0 Å². The smallest absolute Gasteiger partial charge is 0.251 e. The van der Waals surface area contributed by atoms with E-state index in [1.165, 1.54) is 23.5 Å². The largest absolute Gasteiger partial charge is 0.349 e. The van der Waals surface area contributed by atoms with Crippen LogP contribution in [-0.4, -0.2) is 41.9 Å². The topological polar surface area (TPSA) is 95.2 Å². The normalized spacial score (nSPS) is 15.2. The lowest BCUT2D eigenvalue weighted by Crippen LogP contribution is -2.39. The highest BCUT2D eigenvalue weighted by Crippen LogP contribution is 2.20. The van der Waals surface area contributed by atoms with Crippen LogP contribution in [0.15, 0.2) is 41.4 Å². The van der Waals surface area contributed by atoms with E-state index in [-0.39, 0.29) is 23.4 Å². The first-order valence-corrected chi connectivity index (χ1v) is 9.26. The van der Waals surface area contributed by atoms with Crippen molar-refractivity contribution in [1.29, 1.82) is 0 Å². The third kappa shape index (κ3) is 3.49. The number of aromatic nitrogens is 2. The summed E-state index contributed by atoms with van der Waals surface area (Å²) >= 11 is 0. The lowest BCUT2D eigenvalue weighted by atomic mass is 9.93. The van der Waals surface area contributed by atoms with E-state index < -0.39 is 10.0 Å². The Morgan fingerprint density at radius 2 is 2.00 bits per heavy atom. The van der Waals surface area contributed by atoms with Gasteiger partial charge in [-0.2, -0.15) is 9.40 Å². The van der Waals surface area contributed by atoms with Gasteiger partial charge in [-0.1, -0.05) is 0 Å². The van der Waals surface area contributed by atoms with Crippen molar-refractivity contribution in [3.8, 4) is 0 Å². The van der Waals surface area contributed by atoms with Gasteiger partial charge in [-0.05, 0) is 49.6 Å². The second-order valence-corrected chi connectivity index (χ2v) is 8.01. The molecule has 1 aromatic carbocycles. The van der Waals surface area contributed by atoms with Crippen molar-refractivity contribution in [2.75, 3.05) is 7.05 Å². The van der Waals surface area contributed by atoms with E-state index in [1.54, 1.807) is 24.4 Å². The first-order valence-electron chi connectivity index (χ1n) is 7.82. The van der Waals surface area contributed by atoms with Crippen molar-refractivity contribution < 1.29 is 13.2 Å². The summed E-state index contributed by atoms with van der Waals surface area (Å²) in [5.74, 6) is -0.158. The fraction of sp³-hybridized carbons (Fsp3) is 0.375. The average Bonchev–Trinajstić information content (AvgIpc) is 3.03. The summed E-state index contributed by atoms with van der Waals surface area (Å²) in [5, 5.41) is 9.47. The van der Waals surface area contributed by atoms with Crippen LogP contribution in [0.1, 0.15) is 35.3 Å². The van der Waals surface area contributed by atoms with E-state index in [1.807, 2.05) is 0 Å². The Hall–Kier alpha value is -2.19. The van der Waals surface area contributed by atoms with Gasteiger partial charge in [-0.25, -0.2) is 8.42 Å². The van der Waals surface area contributed by atoms with Crippen molar-refractivity contribution in [3.05, 3.63) is 47.8 Å². The summed E-state index contributed by atoms with van der Waals surface area (Å²) in [5.41, 5.74) is 1.18. The van der Waals surface area contributed by atoms with E-state index in [9.17, 15) is 13.2 Å². The molecule has 2 N–H and O–H groups in total. The van der Waals surface area contributed by atoms with E-state index >= 15 is 0 Å². The molecule has 128 valence electrons. The van der Waals surface area contributed by atoms with Gasteiger partial charge in [0.25, 0.3) is 5.91 Å². The number of rotatable bonds is 6. The molecule has 0 bridgehead atoms. The number of sulfonamides is 1. The highest BCUT2D eigenvalue weighted by molar-refractivity contribution is 7.89. The van der Waals surface area contributed by atoms with Crippen LogP contribution in [0, 0.1) is 0 Å². The number of aromatic amines is 1. The number of nitrogens with one attached hydrogen (secondary N) is 2. The Bertz CT molecular complexity index is 796. The van der Waals surface area contributed by atoms with Crippen LogP contribution in [0.3, 0.4) is 0 Å². The van der Waals surface area contributed by atoms with Crippen LogP contribution in [0.25, 0.3) is 0 Å². The summed E-state index contributed by atoms with van der Waals surface area (Å²) in [6, 6.07) is 8.00. The minimum absolute atomic E-state index is 0.157. The lowest BCUT2D eigenvalue weighted by molar-refractivity contribution is 0.0917. The van der Waals surface area contributed by atoms with Gasteiger partial charge in [-0.3, -0.25) is 9.89 Å². The molecule has 1 aliphatic rings. The number of hydrogen-bond donors (Lipinski definition) is 2. The molecule has 1 fully saturated rings. The second-order valence-electron chi connectivity index (χ2n) is 5.97. The van der Waals surface area contributed by atoms with Gasteiger partial charge in [0.05, 0.1) is 17.1 Å². The minimum atomic E-state index is -3.62. The third-order valence-electron chi connectivity index (χ3n) is 4.22. The summed E-state index contributed by atoms with van der Waals surface area (Å²) < 4.78 is 26.4. The van der Waals surface area contributed by atoms with Crippen LogP contribution in [0.5, 0.6) is 0 Å². The van der Waals surface area contributed by atoms with Crippen molar-refractivity contribution in [3.63, 3.8) is 0 Å². The number of hydrogen-bond acceptors (Lipinski definition) is 4. The molecule has 7 nitrogen and oxygen atoms in total. The fourth-order valence-corrected chi connectivity index (χ4v) is 3.63. The molecule has 1 saturated carbocycles. The zero-order chi connectivity index (χ0) is 17.2. The third-order valence-corrected chi connectivity index (χ3v) is 6.03. The molecular formula is C16H20N4O3S. The van der Waals surface area contributed by atoms with Crippen molar-refractivity contribution in [1.82, 2.24) is 19.8 Å². The van der Waals surface area contributed by atoms with E-state index in [0.29, 0.717) is 11.3 Å². The molecular weight excluding hydrogens is 328 g/mol. The molecule has 3 rings (SSSR count). The molecule has 0 atom stereocenters. The minimum Gasteiger partial charge on any atom is -0.349 e. The van der Waals surface area contributed by atoms with Gasteiger partial charge in [-0.15, -0.1) is 0 Å². The molecule has 0 saturated heterocycles. The first kappa shape index (κ1) is 16.7. The molecule has 1 heterocycles. The lowest BCUT2D eigenvalue weighted by Gasteiger charge is -2.26. The van der Waals surface area contributed by atoms with E-state index in [4.69, 9.17) is 0 Å². The highest BCUT2D eigenvalue weighted by atomic mass is 32.2. The Kier molecular flexibility index (Phi) is 4.68. The molecule has 1 amide bonds. The van der Waals surface area contributed by atoms with Crippen LogP contribution in [0.4, 0.5) is 0 Å². The predicted octanol–water partition coefficient (Wildman–Crippen LogP) is 1.51. The Labute approximate surface area is 141 Å². The van der Waals surface area contributed by atoms with Crippen LogP contribution >= 0.6 is 0 Å². The maximum atomic E-state index is 12.6. The van der Waals surface area contributed by atoms with Crippen LogP contribution in [-0.2, 0) is 16.6 Å². The molecule has 2 aromatic rings. The van der Waals surface area contributed by atoms with Crippen LogP contribution < -0.4 is 5.32 Å². The van der Waals surface area contributed by atoms with E-state index in [2.05, 4.69) is 15.5 Å². The van der Waals surface area contributed by atoms with Crippen molar-refractivity contribution in [2.24, 2.45) is 0 Å². The standard InChI is InChI=1S/C16H20N4O3S/c1-20(11-14-9-10-17-19-14)24(22,23)15-7-5-12(6-8-15)16(21)18-13-3-2-4-13/h5-10,13H,2-4,11H2,1H3,(H,17,19)(H,18,21). The number of H-pyrrole nitrogens is 1. The monoisotopic (exact) mass is 348 g/mol. The van der Waals surface area contributed by atoms with Crippen molar-refractivity contribution >= 4 is 15.9 Å². The Morgan fingerprint density at radius 3 is 2.54 bits per heavy atom. The summed E-state index contributed by atoms with van der Waals surface area (Å²) in [6.07, 6.45) is 4.74. The SMILES string of the molecule is CN(Cc1ccn[nH]1)S(=O)(=O)c1ccc(C(=O)NC2CCC2)cc1. The highest BCUT2D eigenvalue weighted by Gasteiger charge is 2.23. The zero-order valence-electron chi connectivity index (χ0n) is 13.4. The first-order chi connectivity index (χ1) is 11.5. The molecule has 0 radical (unpaired) electrons. The average molecular weight is 348 g/mol. The summed E-state index contributed by atoms with van der Waals surface area (Å²) in [6.45, 7) is 0.201. The fourth-order valence-electron chi connectivity index (χ4n) is 2.48. The van der Waals surface area contributed by atoms with Gasteiger partial charge in [0, 0.05) is 24.8 Å². The molecule has 1 aromatic heterocycles. The predicted molar refractivity (Wildman–Crippen MR) is 88.8 cm³/mol. The van der Waals surface area contributed by atoms with Gasteiger partial charge < -0.3 is 5.32 Å². The van der Waals surface area contributed by atoms with Crippen molar-refractivity contribution in [2.45, 2.75) is 36.7 Å². The number of nitrogens with zero attached hydrogens (tertiary/aromatic N) is 2. The number of amides is 1. The summed E-state index contributed by atoms with van der Waals surface area (Å²) in [7, 11) is -2.11. The maximum absolute atomic E-state index is 12.6. The molecule has 8 heteroatoms.